The van der Waals surface area contributed by atoms with Crippen LogP contribution in [0.3, 0.4) is 0 Å². The second kappa shape index (κ2) is 12.1. The first kappa shape index (κ1) is 23.6. The molecule has 7 heteroatoms. The van der Waals surface area contributed by atoms with Crippen molar-refractivity contribution in [1.29, 1.82) is 0 Å². The number of amides is 2. The largest absolute Gasteiger partial charge is 0.355 e. The fourth-order valence-electron chi connectivity index (χ4n) is 2.80. The fourth-order valence-corrected chi connectivity index (χ4v) is 3.98. The highest BCUT2D eigenvalue weighted by atomic mass is 35.5. The van der Waals surface area contributed by atoms with Crippen LogP contribution >= 0.6 is 35.0 Å². The minimum Gasteiger partial charge on any atom is -0.355 e. The summed E-state index contributed by atoms with van der Waals surface area (Å²) in [7, 11) is 0. The Bertz CT molecular complexity index is 815. The van der Waals surface area contributed by atoms with Gasteiger partial charge in [0.05, 0.1) is 0 Å². The van der Waals surface area contributed by atoms with Gasteiger partial charge >= 0.3 is 0 Å². The molecule has 0 aliphatic rings. The van der Waals surface area contributed by atoms with Crippen molar-refractivity contribution in [1.82, 2.24) is 10.2 Å². The molecule has 0 fully saturated rings. The van der Waals surface area contributed by atoms with Crippen LogP contribution in [0.5, 0.6) is 0 Å². The van der Waals surface area contributed by atoms with Gasteiger partial charge in [-0.25, -0.2) is 0 Å². The van der Waals surface area contributed by atoms with Gasteiger partial charge in [-0.05, 0) is 61.9 Å². The smallest absolute Gasteiger partial charge is 0.242 e. The number of likely N-dealkylation sites (N-methyl/N-ethyl adjacent to an activating group) is 1. The van der Waals surface area contributed by atoms with Crippen molar-refractivity contribution in [3.63, 3.8) is 0 Å². The van der Waals surface area contributed by atoms with Crippen LogP contribution in [0.1, 0.15) is 32.3 Å². The van der Waals surface area contributed by atoms with Crippen molar-refractivity contribution in [3.8, 4) is 0 Å². The maximum Gasteiger partial charge on any atom is 0.242 e. The zero-order chi connectivity index (χ0) is 21.2. The summed E-state index contributed by atoms with van der Waals surface area (Å²) in [6, 6.07) is 14.5. The van der Waals surface area contributed by atoms with Gasteiger partial charge in [0.15, 0.2) is 0 Å². The standard InChI is InChI=1S/C22H26Cl2N2O2S/c1-3-25-22(28)16(2)26(15-17-7-4-5-8-20(17)24)21(27)9-6-14-29-19-12-10-18(23)11-13-19/h4-5,7-8,10-13,16H,3,6,9,14-15H2,1-2H3,(H,25,28). The molecule has 29 heavy (non-hydrogen) atoms. The summed E-state index contributed by atoms with van der Waals surface area (Å²) in [5, 5.41) is 4.09. The molecule has 0 aromatic heterocycles. The van der Waals surface area contributed by atoms with Crippen LogP contribution in [0.4, 0.5) is 0 Å². The predicted molar refractivity (Wildman–Crippen MR) is 122 cm³/mol. The van der Waals surface area contributed by atoms with Gasteiger partial charge in [0.25, 0.3) is 0 Å². The summed E-state index contributed by atoms with van der Waals surface area (Å²) < 4.78 is 0. The van der Waals surface area contributed by atoms with Gasteiger partial charge in [0.1, 0.15) is 6.04 Å². The van der Waals surface area contributed by atoms with Crippen LogP contribution in [0.2, 0.25) is 10.0 Å². The Hall–Kier alpha value is -1.69. The van der Waals surface area contributed by atoms with Crippen LogP contribution in [0, 0.1) is 0 Å². The van der Waals surface area contributed by atoms with Gasteiger partial charge in [0.2, 0.25) is 11.8 Å². The lowest BCUT2D eigenvalue weighted by Gasteiger charge is -2.29. The molecule has 1 N–H and O–H groups in total. The monoisotopic (exact) mass is 452 g/mol. The Labute approximate surface area is 187 Å². The van der Waals surface area contributed by atoms with E-state index in [1.165, 1.54) is 0 Å². The van der Waals surface area contributed by atoms with Crippen LogP contribution in [-0.4, -0.2) is 35.1 Å². The van der Waals surface area contributed by atoms with Crippen molar-refractivity contribution in [2.24, 2.45) is 0 Å². The average Bonchev–Trinajstić information content (AvgIpc) is 2.71. The lowest BCUT2D eigenvalue weighted by atomic mass is 10.1. The molecule has 4 nitrogen and oxygen atoms in total. The maximum absolute atomic E-state index is 12.9. The molecular weight excluding hydrogens is 427 g/mol. The van der Waals surface area contributed by atoms with Gasteiger partial charge in [-0.2, -0.15) is 0 Å². The molecule has 0 aliphatic carbocycles. The Kier molecular flexibility index (Phi) is 9.85. The van der Waals surface area contributed by atoms with E-state index < -0.39 is 6.04 Å². The summed E-state index contributed by atoms with van der Waals surface area (Å²) in [5.41, 5.74) is 0.828. The average molecular weight is 453 g/mol. The molecule has 156 valence electrons. The molecule has 0 radical (unpaired) electrons. The number of hydrogen-bond donors (Lipinski definition) is 1. The molecule has 2 amide bonds. The molecular formula is C22H26Cl2N2O2S. The van der Waals surface area contributed by atoms with Crippen molar-refractivity contribution in [3.05, 3.63) is 64.1 Å². The summed E-state index contributed by atoms with van der Waals surface area (Å²) in [5.74, 6) is 0.590. The molecule has 1 atom stereocenters. The Balaban J connectivity index is 1.98. The van der Waals surface area contributed by atoms with E-state index in [0.717, 1.165) is 16.2 Å². The lowest BCUT2D eigenvalue weighted by molar-refractivity contribution is -0.140. The zero-order valence-corrected chi connectivity index (χ0v) is 19.0. The van der Waals surface area contributed by atoms with E-state index in [1.54, 1.807) is 29.7 Å². The highest BCUT2D eigenvalue weighted by molar-refractivity contribution is 7.99. The quantitative estimate of drug-likeness (QED) is 0.386. The highest BCUT2D eigenvalue weighted by Crippen LogP contribution is 2.23. The van der Waals surface area contributed by atoms with E-state index in [2.05, 4.69) is 5.32 Å². The highest BCUT2D eigenvalue weighted by Gasteiger charge is 2.25. The summed E-state index contributed by atoms with van der Waals surface area (Å²) in [6.45, 7) is 4.44. The predicted octanol–water partition coefficient (Wildman–Crippen LogP) is 5.42. The number of rotatable bonds is 10. The second-order valence-corrected chi connectivity index (χ2v) is 8.60. The third-order valence-electron chi connectivity index (χ3n) is 4.43. The number of halogens is 2. The van der Waals surface area contributed by atoms with Gasteiger partial charge in [-0.1, -0.05) is 41.4 Å². The molecule has 0 bridgehead atoms. The van der Waals surface area contributed by atoms with E-state index in [0.29, 0.717) is 36.0 Å². The lowest BCUT2D eigenvalue weighted by Crippen LogP contribution is -2.47. The number of carbonyl (C=O) groups excluding carboxylic acids is 2. The summed E-state index contributed by atoms with van der Waals surface area (Å²) in [4.78, 5) is 28.0. The van der Waals surface area contributed by atoms with Crippen LogP contribution in [0.15, 0.2) is 53.4 Å². The van der Waals surface area contributed by atoms with Crippen LogP contribution in [-0.2, 0) is 16.1 Å². The van der Waals surface area contributed by atoms with Gasteiger partial charge < -0.3 is 10.2 Å². The van der Waals surface area contributed by atoms with E-state index in [-0.39, 0.29) is 11.8 Å². The number of nitrogens with one attached hydrogen (secondary N) is 1. The van der Waals surface area contributed by atoms with Crippen molar-refractivity contribution in [2.75, 3.05) is 12.3 Å². The van der Waals surface area contributed by atoms with E-state index in [1.807, 2.05) is 49.4 Å². The Morgan fingerprint density at radius 2 is 1.79 bits per heavy atom. The van der Waals surface area contributed by atoms with Gasteiger partial charge in [0, 0.05) is 34.5 Å². The van der Waals surface area contributed by atoms with E-state index in [9.17, 15) is 9.59 Å². The van der Waals surface area contributed by atoms with Crippen molar-refractivity contribution >= 4 is 46.8 Å². The third-order valence-corrected chi connectivity index (χ3v) is 6.15. The van der Waals surface area contributed by atoms with Crippen molar-refractivity contribution < 1.29 is 9.59 Å². The molecule has 0 saturated carbocycles. The normalized spacial score (nSPS) is 11.7. The van der Waals surface area contributed by atoms with E-state index in [4.69, 9.17) is 23.2 Å². The van der Waals surface area contributed by atoms with Crippen molar-refractivity contribution in [2.45, 2.75) is 44.2 Å². The van der Waals surface area contributed by atoms with E-state index >= 15 is 0 Å². The Morgan fingerprint density at radius 3 is 2.45 bits per heavy atom. The van der Waals surface area contributed by atoms with Gasteiger partial charge in [-0.15, -0.1) is 11.8 Å². The number of carbonyl (C=O) groups is 2. The molecule has 2 rings (SSSR count). The van der Waals surface area contributed by atoms with Crippen LogP contribution in [0.25, 0.3) is 0 Å². The SMILES string of the molecule is CCNC(=O)C(C)N(Cc1ccccc1Cl)C(=O)CCCSc1ccc(Cl)cc1. The summed E-state index contributed by atoms with van der Waals surface area (Å²) in [6.07, 6.45) is 1.09. The Morgan fingerprint density at radius 1 is 1.10 bits per heavy atom. The molecule has 1 unspecified atom stereocenters. The number of nitrogens with zero attached hydrogens (tertiary/aromatic N) is 1. The molecule has 0 saturated heterocycles. The minimum absolute atomic E-state index is 0.0552. The third kappa shape index (κ3) is 7.57. The van der Waals surface area contributed by atoms with Crippen LogP contribution < -0.4 is 5.32 Å². The molecule has 0 spiro atoms. The molecule has 0 heterocycles. The number of benzene rings is 2. The summed E-state index contributed by atoms with van der Waals surface area (Å²) >= 11 is 13.9. The molecule has 0 aliphatic heterocycles. The first-order valence-electron chi connectivity index (χ1n) is 9.61. The number of hydrogen-bond acceptors (Lipinski definition) is 3. The first-order chi connectivity index (χ1) is 13.9. The van der Waals surface area contributed by atoms with Gasteiger partial charge in [-0.3, -0.25) is 9.59 Å². The topological polar surface area (TPSA) is 49.4 Å². The minimum atomic E-state index is -0.567. The number of thioether (sulfide) groups is 1. The fraction of sp³-hybridized carbons (Fsp3) is 0.364. The zero-order valence-electron chi connectivity index (χ0n) is 16.7. The second-order valence-electron chi connectivity index (χ2n) is 6.59. The first-order valence-corrected chi connectivity index (χ1v) is 11.4. The maximum atomic E-state index is 12.9. The molecule has 2 aromatic rings. The molecule has 2 aromatic carbocycles.